The van der Waals surface area contributed by atoms with Crippen molar-refractivity contribution in [2.75, 3.05) is 6.54 Å². The van der Waals surface area contributed by atoms with Crippen molar-refractivity contribution in [2.45, 2.75) is 24.9 Å². The molecule has 0 bridgehead atoms. The third-order valence-corrected chi connectivity index (χ3v) is 4.34. The summed E-state index contributed by atoms with van der Waals surface area (Å²) in [7, 11) is 0. The minimum atomic E-state index is -0.466. The largest absolute Gasteiger partial charge is 0.465 e. The molecule has 5 N–H and O–H groups in total. The highest BCUT2D eigenvalue weighted by Gasteiger charge is 2.30. The minimum Gasteiger partial charge on any atom is -0.465 e. The molecule has 3 rings (SSSR count). The molecule has 1 aliphatic heterocycles. The maximum Gasteiger partial charge on any atom is 0.256 e. The minimum absolute atomic E-state index is 0.0205. The van der Waals surface area contributed by atoms with Crippen LogP contribution in [0.25, 0.3) is 6.08 Å². The van der Waals surface area contributed by atoms with E-state index in [-0.39, 0.29) is 30.8 Å². The molecule has 1 aromatic heterocycles. The van der Waals surface area contributed by atoms with Crippen LogP contribution in [0.15, 0.2) is 59.2 Å². The smallest absolute Gasteiger partial charge is 0.256 e. The van der Waals surface area contributed by atoms with Crippen LogP contribution < -0.4 is 27.0 Å². The molecule has 2 heterocycles. The zero-order valence-corrected chi connectivity index (χ0v) is 15.7. The molecular weight excluding hydrogens is 374 g/mol. The lowest BCUT2D eigenvalue weighted by molar-refractivity contribution is -0.130. The van der Waals surface area contributed by atoms with E-state index in [1.54, 1.807) is 12.1 Å². The lowest BCUT2D eigenvalue weighted by Crippen LogP contribution is -2.50. The van der Waals surface area contributed by atoms with Gasteiger partial charge in [-0.1, -0.05) is 30.3 Å². The topological polar surface area (TPSA) is 124 Å². The summed E-state index contributed by atoms with van der Waals surface area (Å²) in [6.45, 7) is 0.141. The van der Waals surface area contributed by atoms with Gasteiger partial charge in [-0.2, -0.15) is 0 Å². The molecule has 0 radical (unpaired) electrons. The van der Waals surface area contributed by atoms with Gasteiger partial charge < -0.3 is 9.73 Å². The van der Waals surface area contributed by atoms with Crippen molar-refractivity contribution in [1.82, 2.24) is 27.0 Å². The van der Waals surface area contributed by atoms with Gasteiger partial charge in [-0.3, -0.25) is 25.2 Å². The Labute approximate surface area is 167 Å². The predicted molar refractivity (Wildman–Crippen MR) is 106 cm³/mol. The molecule has 2 unspecified atom stereocenters. The average Bonchev–Trinajstić information content (AvgIpc) is 3.43. The van der Waals surface area contributed by atoms with E-state index in [2.05, 4.69) is 27.0 Å². The third kappa shape index (κ3) is 6.30. The van der Waals surface area contributed by atoms with Crippen LogP contribution in [0.5, 0.6) is 0 Å². The molecule has 2 atom stereocenters. The van der Waals surface area contributed by atoms with E-state index < -0.39 is 11.9 Å². The first-order chi connectivity index (χ1) is 14.1. The third-order valence-electron chi connectivity index (χ3n) is 4.34. The maximum absolute atomic E-state index is 12.2. The van der Waals surface area contributed by atoms with Crippen LogP contribution in [-0.4, -0.2) is 30.3 Å². The monoisotopic (exact) mass is 397 g/mol. The Hall–Kier alpha value is -3.43. The van der Waals surface area contributed by atoms with Gasteiger partial charge in [-0.15, -0.1) is 0 Å². The second kappa shape index (κ2) is 10.2. The van der Waals surface area contributed by atoms with Crippen molar-refractivity contribution in [3.8, 4) is 0 Å². The number of hydrogen-bond acceptors (Lipinski definition) is 6. The summed E-state index contributed by atoms with van der Waals surface area (Å²) in [5.74, 6) is -0.523. The zero-order valence-electron chi connectivity index (χ0n) is 15.7. The van der Waals surface area contributed by atoms with Gasteiger partial charge in [-0.25, -0.2) is 10.9 Å². The molecule has 152 valence electrons. The van der Waals surface area contributed by atoms with Gasteiger partial charge in [0.2, 0.25) is 11.8 Å². The summed E-state index contributed by atoms with van der Waals surface area (Å²) < 4.78 is 5.07. The number of benzene rings is 1. The maximum atomic E-state index is 12.2. The van der Waals surface area contributed by atoms with Crippen LogP contribution >= 0.6 is 0 Å². The van der Waals surface area contributed by atoms with Gasteiger partial charge in [-0.05, 0) is 30.2 Å². The van der Waals surface area contributed by atoms with E-state index in [0.29, 0.717) is 12.2 Å². The van der Waals surface area contributed by atoms with Gasteiger partial charge in [0.15, 0.2) is 0 Å². The highest BCUT2D eigenvalue weighted by atomic mass is 16.3. The van der Waals surface area contributed by atoms with Gasteiger partial charge >= 0.3 is 0 Å². The summed E-state index contributed by atoms with van der Waals surface area (Å²) in [5.41, 5.74) is 11.8. The standard InChI is InChI=1S/C20H23N5O4/c26-18(9-8-15-7-4-12-29-15)21-11-10-19(27)24-25-20(28)17-13-16(22-23-17)14-5-2-1-3-6-14/h1-9,12,16-17,22-23H,10-11,13H2,(H,21,26)(H,24,27)(H,25,28)/b9-8+. The number of carbonyl (C=O) groups is 3. The molecule has 1 saturated heterocycles. The summed E-state index contributed by atoms with van der Waals surface area (Å²) in [6, 6.07) is 12.8. The van der Waals surface area contributed by atoms with Gasteiger partial charge in [0.1, 0.15) is 11.8 Å². The van der Waals surface area contributed by atoms with E-state index in [9.17, 15) is 14.4 Å². The second-order valence-electron chi connectivity index (χ2n) is 6.47. The van der Waals surface area contributed by atoms with Crippen LogP contribution in [0, 0.1) is 0 Å². The Morgan fingerprint density at radius 2 is 1.90 bits per heavy atom. The second-order valence-corrected chi connectivity index (χ2v) is 6.47. The lowest BCUT2D eigenvalue weighted by atomic mass is 10.0. The first kappa shape index (κ1) is 20.3. The predicted octanol–water partition coefficient (Wildman–Crippen LogP) is 0.554. The molecule has 2 aromatic rings. The highest BCUT2D eigenvalue weighted by molar-refractivity contribution is 5.91. The van der Waals surface area contributed by atoms with Crippen molar-refractivity contribution in [2.24, 2.45) is 0 Å². The molecule has 0 spiro atoms. The Morgan fingerprint density at radius 1 is 1.07 bits per heavy atom. The number of hydrazine groups is 2. The van der Waals surface area contributed by atoms with Crippen molar-refractivity contribution in [3.05, 3.63) is 66.1 Å². The van der Waals surface area contributed by atoms with Crippen LogP contribution in [0.1, 0.15) is 30.2 Å². The summed E-state index contributed by atoms with van der Waals surface area (Å²) >= 11 is 0. The first-order valence-electron chi connectivity index (χ1n) is 9.26. The molecule has 1 aromatic carbocycles. The van der Waals surface area contributed by atoms with Crippen molar-refractivity contribution < 1.29 is 18.8 Å². The summed E-state index contributed by atoms with van der Waals surface area (Å²) in [4.78, 5) is 35.7. The van der Waals surface area contributed by atoms with Crippen LogP contribution in [0.2, 0.25) is 0 Å². The molecule has 3 amide bonds. The summed E-state index contributed by atoms with van der Waals surface area (Å²) in [6.07, 6.45) is 4.95. The zero-order chi connectivity index (χ0) is 20.5. The van der Waals surface area contributed by atoms with Crippen molar-refractivity contribution in [1.29, 1.82) is 0 Å². The quantitative estimate of drug-likeness (QED) is 0.343. The van der Waals surface area contributed by atoms with E-state index in [4.69, 9.17) is 4.42 Å². The van der Waals surface area contributed by atoms with Gasteiger partial charge in [0, 0.05) is 25.1 Å². The Morgan fingerprint density at radius 3 is 2.66 bits per heavy atom. The molecule has 0 aliphatic carbocycles. The molecule has 0 saturated carbocycles. The number of amides is 3. The van der Waals surface area contributed by atoms with Crippen LogP contribution in [0.3, 0.4) is 0 Å². The highest BCUT2D eigenvalue weighted by Crippen LogP contribution is 2.21. The van der Waals surface area contributed by atoms with E-state index in [1.165, 1.54) is 18.4 Å². The number of rotatable bonds is 7. The fourth-order valence-corrected chi connectivity index (χ4v) is 2.82. The Bertz CT molecular complexity index is 851. The summed E-state index contributed by atoms with van der Waals surface area (Å²) in [5, 5.41) is 2.58. The van der Waals surface area contributed by atoms with Gasteiger partial charge in [0.25, 0.3) is 5.91 Å². The normalized spacial score (nSPS) is 18.5. The fourth-order valence-electron chi connectivity index (χ4n) is 2.82. The molecule has 9 heteroatoms. The fraction of sp³-hybridized carbons (Fsp3) is 0.250. The number of furan rings is 1. The molecule has 1 aliphatic rings. The number of hydrogen-bond donors (Lipinski definition) is 5. The first-order valence-corrected chi connectivity index (χ1v) is 9.26. The lowest BCUT2D eigenvalue weighted by Gasteiger charge is -2.11. The van der Waals surface area contributed by atoms with Crippen LogP contribution in [-0.2, 0) is 14.4 Å². The van der Waals surface area contributed by atoms with Crippen molar-refractivity contribution >= 4 is 23.8 Å². The molecule has 29 heavy (non-hydrogen) atoms. The van der Waals surface area contributed by atoms with E-state index in [0.717, 1.165) is 5.56 Å². The van der Waals surface area contributed by atoms with E-state index >= 15 is 0 Å². The number of carbonyl (C=O) groups excluding carboxylic acids is 3. The van der Waals surface area contributed by atoms with Gasteiger partial charge in [0.05, 0.1) is 6.26 Å². The Kier molecular flexibility index (Phi) is 7.15. The van der Waals surface area contributed by atoms with E-state index in [1.807, 2.05) is 30.3 Å². The molecular formula is C20H23N5O4. The molecule has 9 nitrogen and oxygen atoms in total. The van der Waals surface area contributed by atoms with Crippen LogP contribution in [0.4, 0.5) is 0 Å². The SMILES string of the molecule is O=C(/C=C/c1ccco1)NCCC(=O)NNC(=O)C1CC(c2ccccc2)NN1. The van der Waals surface area contributed by atoms with Crippen molar-refractivity contribution in [3.63, 3.8) is 0 Å². The number of nitrogens with one attached hydrogen (secondary N) is 5. The average molecular weight is 397 g/mol. The Balaban J connectivity index is 1.31. The molecule has 1 fully saturated rings.